The Labute approximate surface area is 155 Å². The monoisotopic (exact) mass is 355 g/mol. The third-order valence-corrected chi connectivity index (χ3v) is 5.33. The van der Waals surface area contributed by atoms with Crippen LogP contribution in [-0.2, 0) is 4.79 Å². The van der Waals surface area contributed by atoms with Gasteiger partial charge in [-0.05, 0) is 31.7 Å². The molecule has 1 saturated heterocycles. The van der Waals surface area contributed by atoms with Crippen LogP contribution in [0.5, 0.6) is 0 Å². The first kappa shape index (κ1) is 18.6. The van der Waals surface area contributed by atoms with Crippen LogP contribution < -0.4 is 5.32 Å². The second-order valence-electron chi connectivity index (χ2n) is 7.08. The van der Waals surface area contributed by atoms with Crippen LogP contribution in [-0.4, -0.2) is 44.7 Å². The minimum absolute atomic E-state index is 0.0869. The molecule has 0 saturated carbocycles. The normalized spacial score (nSPS) is 18.4. The van der Waals surface area contributed by atoms with Crippen LogP contribution in [0.2, 0.25) is 0 Å². The Bertz CT molecular complexity index is 665. The average molecular weight is 355 g/mol. The number of rotatable bonds is 7. The first-order valence-corrected chi connectivity index (χ1v) is 9.62. The van der Waals surface area contributed by atoms with Gasteiger partial charge in [-0.15, -0.1) is 0 Å². The number of aromatic nitrogens is 3. The molecule has 2 atom stereocenters. The van der Waals surface area contributed by atoms with Gasteiger partial charge in [0.05, 0.1) is 18.1 Å². The van der Waals surface area contributed by atoms with Gasteiger partial charge in [-0.3, -0.25) is 9.69 Å². The van der Waals surface area contributed by atoms with Gasteiger partial charge >= 0.3 is 0 Å². The number of hydrogen-bond donors (Lipinski definition) is 1. The van der Waals surface area contributed by atoms with Gasteiger partial charge in [0, 0.05) is 13.1 Å². The summed E-state index contributed by atoms with van der Waals surface area (Å²) >= 11 is 0. The number of nitrogens with zero attached hydrogens (tertiary/aromatic N) is 4. The van der Waals surface area contributed by atoms with Gasteiger partial charge < -0.3 is 5.32 Å². The van der Waals surface area contributed by atoms with Gasteiger partial charge in [-0.1, -0.05) is 43.7 Å². The lowest BCUT2D eigenvalue weighted by Crippen LogP contribution is -2.49. The smallest absolute Gasteiger partial charge is 0.237 e. The molecule has 0 spiro atoms. The lowest BCUT2D eigenvalue weighted by Gasteiger charge is -2.35. The van der Waals surface area contributed by atoms with Crippen LogP contribution in [0.4, 0.5) is 0 Å². The molecular weight excluding hydrogens is 326 g/mol. The van der Waals surface area contributed by atoms with Gasteiger partial charge in [0.25, 0.3) is 0 Å². The lowest BCUT2D eigenvalue weighted by atomic mass is 10.0. The summed E-state index contributed by atoms with van der Waals surface area (Å²) in [6, 6.07) is 10.6. The Morgan fingerprint density at radius 2 is 2.00 bits per heavy atom. The van der Waals surface area contributed by atoms with Crippen LogP contribution in [0.25, 0.3) is 0 Å². The predicted molar refractivity (Wildman–Crippen MR) is 102 cm³/mol. The fourth-order valence-corrected chi connectivity index (χ4v) is 3.70. The van der Waals surface area contributed by atoms with E-state index in [1.165, 1.54) is 5.56 Å². The van der Waals surface area contributed by atoms with Crippen molar-refractivity contribution in [2.24, 2.45) is 0 Å². The van der Waals surface area contributed by atoms with E-state index in [1.54, 1.807) is 12.7 Å². The Balaban J connectivity index is 1.55. The van der Waals surface area contributed by atoms with E-state index in [2.05, 4.69) is 39.4 Å². The molecule has 1 aliphatic heterocycles. The van der Waals surface area contributed by atoms with E-state index >= 15 is 0 Å². The Morgan fingerprint density at radius 1 is 1.27 bits per heavy atom. The van der Waals surface area contributed by atoms with Crippen molar-refractivity contribution in [2.75, 3.05) is 13.1 Å². The molecule has 6 heteroatoms. The molecule has 1 amide bonds. The largest absolute Gasteiger partial charge is 0.348 e. The molecule has 2 aromatic rings. The number of hydrogen-bond acceptors (Lipinski definition) is 4. The number of carbonyl (C=O) groups is 1. The predicted octanol–water partition coefficient (Wildman–Crippen LogP) is 2.96. The maximum Gasteiger partial charge on any atom is 0.237 e. The standard InChI is InChI=1S/C20H29N5O/c1-3-7-19(17-8-5-4-6-9-17)23-20(26)16(2)24-12-10-18(11-13-24)25-15-21-14-22-25/h4-6,8-9,14-16,18-19H,3,7,10-13H2,1-2H3,(H,23,26). The van der Waals surface area contributed by atoms with E-state index in [0.29, 0.717) is 6.04 Å². The van der Waals surface area contributed by atoms with E-state index in [-0.39, 0.29) is 18.0 Å². The Morgan fingerprint density at radius 3 is 2.62 bits per heavy atom. The number of benzene rings is 1. The fourth-order valence-electron chi connectivity index (χ4n) is 3.70. The van der Waals surface area contributed by atoms with Crippen molar-refractivity contribution in [3.63, 3.8) is 0 Å². The summed E-state index contributed by atoms with van der Waals surface area (Å²) in [6.45, 7) is 5.98. The number of piperidine rings is 1. The Hall–Kier alpha value is -2.21. The molecule has 6 nitrogen and oxygen atoms in total. The zero-order valence-electron chi connectivity index (χ0n) is 15.7. The number of nitrogens with one attached hydrogen (secondary N) is 1. The third kappa shape index (κ3) is 4.49. The molecule has 2 heterocycles. The summed E-state index contributed by atoms with van der Waals surface area (Å²) in [5, 5.41) is 7.51. The summed E-state index contributed by atoms with van der Waals surface area (Å²) in [6.07, 6.45) is 7.36. The second kappa shape index (κ2) is 8.94. The van der Waals surface area contributed by atoms with Gasteiger partial charge in [0.15, 0.2) is 0 Å². The summed E-state index contributed by atoms with van der Waals surface area (Å²) in [5.41, 5.74) is 1.18. The quantitative estimate of drug-likeness (QED) is 0.829. The highest BCUT2D eigenvalue weighted by atomic mass is 16.2. The van der Waals surface area contributed by atoms with Gasteiger partial charge in [0.1, 0.15) is 12.7 Å². The molecule has 26 heavy (non-hydrogen) atoms. The van der Waals surface area contributed by atoms with Crippen molar-refractivity contribution in [1.29, 1.82) is 0 Å². The van der Waals surface area contributed by atoms with Crippen LogP contribution in [0.1, 0.15) is 57.2 Å². The first-order chi connectivity index (χ1) is 12.7. The molecule has 3 rings (SSSR count). The minimum atomic E-state index is -0.116. The van der Waals surface area contributed by atoms with Gasteiger partial charge in [-0.25, -0.2) is 9.67 Å². The molecule has 1 aliphatic rings. The molecule has 1 N–H and O–H groups in total. The highest BCUT2D eigenvalue weighted by Gasteiger charge is 2.28. The highest BCUT2D eigenvalue weighted by molar-refractivity contribution is 5.81. The Kier molecular flexibility index (Phi) is 6.39. The number of amides is 1. The zero-order chi connectivity index (χ0) is 18.4. The molecule has 1 fully saturated rings. The van der Waals surface area contributed by atoms with E-state index in [9.17, 15) is 4.79 Å². The van der Waals surface area contributed by atoms with E-state index in [4.69, 9.17) is 0 Å². The number of likely N-dealkylation sites (tertiary alicyclic amines) is 1. The molecular formula is C20H29N5O. The molecule has 0 aliphatic carbocycles. The van der Waals surface area contributed by atoms with Crippen molar-refractivity contribution in [1.82, 2.24) is 25.0 Å². The van der Waals surface area contributed by atoms with Crippen LogP contribution in [0.15, 0.2) is 43.0 Å². The van der Waals surface area contributed by atoms with Crippen molar-refractivity contribution in [2.45, 2.75) is 57.7 Å². The van der Waals surface area contributed by atoms with E-state index in [1.807, 2.05) is 29.8 Å². The number of carbonyl (C=O) groups excluding carboxylic acids is 1. The molecule has 0 bridgehead atoms. The fraction of sp³-hybridized carbons (Fsp3) is 0.550. The van der Waals surface area contributed by atoms with Crippen LogP contribution >= 0.6 is 0 Å². The van der Waals surface area contributed by atoms with Crippen molar-refractivity contribution in [3.05, 3.63) is 48.5 Å². The topological polar surface area (TPSA) is 63.1 Å². The molecule has 1 aromatic heterocycles. The summed E-state index contributed by atoms with van der Waals surface area (Å²) in [7, 11) is 0. The summed E-state index contributed by atoms with van der Waals surface area (Å²) in [4.78, 5) is 19.1. The zero-order valence-corrected chi connectivity index (χ0v) is 15.7. The molecule has 1 aromatic carbocycles. The summed E-state index contributed by atoms with van der Waals surface area (Å²) < 4.78 is 1.94. The van der Waals surface area contributed by atoms with Crippen LogP contribution in [0, 0.1) is 0 Å². The van der Waals surface area contributed by atoms with Crippen molar-refractivity contribution in [3.8, 4) is 0 Å². The van der Waals surface area contributed by atoms with Crippen LogP contribution in [0.3, 0.4) is 0 Å². The van der Waals surface area contributed by atoms with Gasteiger partial charge in [-0.2, -0.15) is 5.10 Å². The maximum atomic E-state index is 12.8. The highest BCUT2D eigenvalue weighted by Crippen LogP contribution is 2.23. The molecule has 0 radical (unpaired) electrons. The molecule has 2 unspecified atom stereocenters. The van der Waals surface area contributed by atoms with Crippen molar-refractivity contribution < 1.29 is 4.79 Å². The average Bonchev–Trinajstić information content (AvgIpc) is 3.22. The molecule has 140 valence electrons. The SMILES string of the molecule is CCCC(NC(=O)C(C)N1CCC(n2cncn2)CC1)c1ccccc1. The summed E-state index contributed by atoms with van der Waals surface area (Å²) in [5.74, 6) is 0.117. The van der Waals surface area contributed by atoms with Gasteiger partial charge in [0.2, 0.25) is 5.91 Å². The lowest BCUT2D eigenvalue weighted by molar-refractivity contribution is -0.127. The van der Waals surface area contributed by atoms with E-state index in [0.717, 1.165) is 38.8 Å². The minimum Gasteiger partial charge on any atom is -0.348 e. The van der Waals surface area contributed by atoms with Crippen molar-refractivity contribution >= 4 is 5.91 Å². The van der Waals surface area contributed by atoms with E-state index < -0.39 is 0 Å². The third-order valence-electron chi connectivity index (χ3n) is 5.33. The second-order valence-corrected chi connectivity index (χ2v) is 7.08. The first-order valence-electron chi connectivity index (χ1n) is 9.62. The maximum absolute atomic E-state index is 12.8.